The van der Waals surface area contributed by atoms with Crippen LogP contribution >= 0.6 is 0 Å². The molecule has 1 fully saturated rings. The molecular weight excluding hydrogens is 371 g/mol. The number of fused-ring (bicyclic) bond motifs is 1. The quantitative estimate of drug-likeness (QED) is 0.525. The van der Waals surface area contributed by atoms with E-state index in [4.69, 9.17) is 9.40 Å². The van der Waals surface area contributed by atoms with Gasteiger partial charge in [0.2, 0.25) is 0 Å². The Labute approximate surface area is 166 Å². The van der Waals surface area contributed by atoms with Gasteiger partial charge in [-0.15, -0.1) is 0 Å². The van der Waals surface area contributed by atoms with E-state index in [2.05, 4.69) is 9.55 Å². The van der Waals surface area contributed by atoms with Crippen molar-refractivity contribution in [2.45, 2.75) is 19.4 Å². The average Bonchev–Trinajstić information content (AvgIpc) is 3.47. The van der Waals surface area contributed by atoms with E-state index in [0.29, 0.717) is 24.2 Å². The number of amides is 1. The van der Waals surface area contributed by atoms with Crippen molar-refractivity contribution in [3.63, 3.8) is 0 Å². The maximum Gasteiger partial charge on any atom is 0.254 e. The van der Waals surface area contributed by atoms with Gasteiger partial charge in [0.05, 0.1) is 17.9 Å². The van der Waals surface area contributed by atoms with E-state index in [1.807, 2.05) is 18.2 Å². The largest absolute Gasteiger partial charge is 0.472 e. The summed E-state index contributed by atoms with van der Waals surface area (Å²) < 4.78 is 21.2. The molecule has 146 valence electrons. The molecule has 1 aliphatic rings. The molecule has 3 aromatic heterocycles. The normalized spacial score (nSPS) is 16.6. The van der Waals surface area contributed by atoms with E-state index < -0.39 is 0 Å². The number of aryl methyl sites for hydroxylation is 1. The number of carbonyl (C=O) groups is 1. The minimum atomic E-state index is -0.362. The molecule has 1 aliphatic heterocycles. The number of benzene rings is 1. The van der Waals surface area contributed by atoms with Gasteiger partial charge in [0.15, 0.2) is 5.65 Å². The zero-order valence-electron chi connectivity index (χ0n) is 15.9. The molecule has 1 amide bonds. The summed E-state index contributed by atoms with van der Waals surface area (Å²) in [6, 6.07) is 10.3. The van der Waals surface area contributed by atoms with Crippen LogP contribution in [-0.2, 0) is 0 Å². The second-order valence-electron chi connectivity index (χ2n) is 7.32. The highest BCUT2D eigenvalue weighted by molar-refractivity contribution is 5.94. The highest BCUT2D eigenvalue weighted by Gasteiger charge is 2.31. The molecule has 4 aromatic rings. The number of rotatable bonds is 3. The Morgan fingerprint density at radius 2 is 2.17 bits per heavy atom. The van der Waals surface area contributed by atoms with Gasteiger partial charge in [-0.1, -0.05) is 6.07 Å². The summed E-state index contributed by atoms with van der Waals surface area (Å²) in [6.45, 7) is 2.79. The van der Waals surface area contributed by atoms with E-state index in [1.54, 1.807) is 42.7 Å². The number of likely N-dealkylation sites (tertiary alicyclic amines) is 1. The first-order valence-corrected chi connectivity index (χ1v) is 9.53. The van der Waals surface area contributed by atoms with Crippen molar-refractivity contribution >= 4 is 17.1 Å². The number of imidazole rings is 1. The SMILES string of the molecule is Cc1ccc(C(=O)N2CC[C@@H](n3c(-c4ccoc4)nc4cccnc43)C2)cc1F. The molecule has 0 saturated carbocycles. The van der Waals surface area contributed by atoms with Crippen molar-refractivity contribution in [2.75, 3.05) is 13.1 Å². The number of hydrogen-bond acceptors (Lipinski definition) is 4. The second kappa shape index (κ2) is 6.84. The molecule has 0 bridgehead atoms. The predicted molar refractivity (Wildman–Crippen MR) is 106 cm³/mol. The summed E-state index contributed by atoms with van der Waals surface area (Å²) in [7, 11) is 0. The monoisotopic (exact) mass is 390 g/mol. The molecule has 7 heteroatoms. The van der Waals surface area contributed by atoms with Crippen molar-refractivity contribution < 1.29 is 13.6 Å². The number of furan rings is 1. The van der Waals surface area contributed by atoms with E-state index >= 15 is 0 Å². The fourth-order valence-corrected chi connectivity index (χ4v) is 3.92. The zero-order valence-corrected chi connectivity index (χ0v) is 15.9. The summed E-state index contributed by atoms with van der Waals surface area (Å²) in [5.41, 5.74) is 3.35. The Balaban J connectivity index is 1.48. The molecule has 1 atom stereocenters. The highest BCUT2D eigenvalue weighted by atomic mass is 19.1. The third kappa shape index (κ3) is 2.99. The summed E-state index contributed by atoms with van der Waals surface area (Å²) in [6.07, 6.45) is 5.78. The summed E-state index contributed by atoms with van der Waals surface area (Å²) in [5, 5.41) is 0. The smallest absolute Gasteiger partial charge is 0.254 e. The van der Waals surface area contributed by atoms with Gasteiger partial charge < -0.3 is 13.9 Å². The molecule has 0 radical (unpaired) electrons. The lowest BCUT2D eigenvalue weighted by Crippen LogP contribution is -2.29. The van der Waals surface area contributed by atoms with Gasteiger partial charge in [0.1, 0.15) is 23.4 Å². The number of halogens is 1. The van der Waals surface area contributed by atoms with E-state index in [0.717, 1.165) is 29.0 Å². The van der Waals surface area contributed by atoms with Crippen LogP contribution in [0.5, 0.6) is 0 Å². The maximum atomic E-state index is 13.9. The highest BCUT2D eigenvalue weighted by Crippen LogP contribution is 2.32. The minimum Gasteiger partial charge on any atom is -0.472 e. The molecule has 29 heavy (non-hydrogen) atoms. The van der Waals surface area contributed by atoms with Crippen LogP contribution in [-0.4, -0.2) is 38.4 Å². The molecular formula is C22H19FN4O2. The lowest BCUT2D eigenvalue weighted by atomic mass is 10.1. The minimum absolute atomic E-state index is 0.0269. The number of carbonyl (C=O) groups excluding carboxylic acids is 1. The first-order chi connectivity index (χ1) is 14.1. The van der Waals surface area contributed by atoms with Gasteiger partial charge in [-0.25, -0.2) is 14.4 Å². The predicted octanol–water partition coefficient (Wildman–Crippen LogP) is 4.23. The molecule has 4 heterocycles. The fourth-order valence-electron chi connectivity index (χ4n) is 3.92. The Bertz CT molecular complexity index is 1200. The van der Waals surface area contributed by atoms with Gasteiger partial charge >= 0.3 is 0 Å². The number of hydrogen-bond donors (Lipinski definition) is 0. The summed E-state index contributed by atoms with van der Waals surface area (Å²) in [4.78, 5) is 23.9. The second-order valence-corrected chi connectivity index (χ2v) is 7.32. The molecule has 1 aromatic carbocycles. The third-order valence-electron chi connectivity index (χ3n) is 5.46. The van der Waals surface area contributed by atoms with Crippen molar-refractivity contribution in [3.05, 3.63) is 72.1 Å². The van der Waals surface area contributed by atoms with Gasteiger partial charge in [-0.3, -0.25) is 4.79 Å². The van der Waals surface area contributed by atoms with E-state index in [-0.39, 0.29) is 17.8 Å². The molecule has 1 saturated heterocycles. The molecule has 0 N–H and O–H groups in total. The number of aromatic nitrogens is 3. The van der Waals surface area contributed by atoms with Crippen LogP contribution < -0.4 is 0 Å². The first kappa shape index (κ1) is 17.6. The summed E-state index contributed by atoms with van der Waals surface area (Å²) >= 11 is 0. The number of nitrogens with zero attached hydrogens (tertiary/aromatic N) is 4. The van der Waals surface area contributed by atoms with E-state index in [1.165, 1.54) is 6.07 Å². The lowest BCUT2D eigenvalue weighted by molar-refractivity contribution is 0.0787. The Morgan fingerprint density at radius 1 is 1.28 bits per heavy atom. The van der Waals surface area contributed by atoms with Crippen LogP contribution in [0, 0.1) is 12.7 Å². The molecule has 0 spiro atoms. The standard InChI is InChI=1S/C22H19FN4O2/c1-14-4-5-15(11-18(14)23)22(28)26-9-6-17(12-26)27-20(16-7-10-29-13-16)25-19-3-2-8-24-21(19)27/h2-5,7-8,10-11,13,17H,6,9,12H2,1H3/t17-/m1/s1. The molecule has 6 nitrogen and oxygen atoms in total. The van der Waals surface area contributed by atoms with Crippen molar-refractivity contribution in [3.8, 4) is 11.4 Å². The fraction of sp³-hybridized carbons (Fsp3) is 0.227. The molecule has 5 rings (SSSR count). The third-order valence-corrected chi connectivity index (χ3v) is 5.46. The number of pyridine rings is 1. The first-order valence-electron chi connectivity index (χ1n) is 9.53. The Hall–Kier alpha value is -3.48. The molecule has 0 aliphatic carbocycles. The van der Waals surface area contributed by atoms with Crippen LogP contribution in [0.3, 0.4) is 0 Å². The van der Waals surface area contributed by atoms with E-state index in [9.17, 15) is 9.18 Å². The van der Waals surface area contributed by atoms with Crippen molar-refractivity contribution in [2.24, 2.45) is 0 Å². The topological polar surface area (TPSA) is 64.2 Å². The van der Waals surface area contributed by atoms with Gasteiger partial charge in [-0.05, 0) is 49.2 Å². The Kier molecular flexibility index (Phi) is 4.16. The van der Waals surface area contributed by atoms with Gasteiger partial charge in [0, 0.05) is 24.8 Å². The maximum absolute atomic E-state index is 13.9. The van der Waals surface area contributed by atoms with Crippen molar-refractivity contribution in [1.82, 2.24) is 19.4 Å². The van der Waals surface area contributed by atoms with Gasteiger partial charge in [0.25, 0.3) is 5.91 Å². The van der Waals surface area contributed by atoms with Crippen molar-refractivity contribution in [1.29, 1.82) is 0 Å². The zero-order chi connectivity index (χ0) is 20.0. The van der Waals surface area contributed by atoms with Crippen LogP contribution in [0.15, 0.2) is 59.5 Å². The lowest BCUT2D eigenvalue weighted by Gasteiger charge is -2.19. The average molecular weight is 390 g/mol. The Morgan fingerprint density at radius 3 is 2.97 bits per heavy atom. The van der Waals surface area contributed by atoms with Crippen LogP contribution in [0.25, 0.3) is 22.6 Å². The van der Waals surface area contributed by atoms with Gasteiger partial charge in [-0.2, -0.15) is 0 Å². The molecule has 0 unspecified atom stereocenters. The van der Waals surface area contributed by atoms with Crippen LogP contribution in [0.4, 0.5) is 4.39 Å². The van der Waals surface area contributed by atoms with Crippen LogP contribution in [0.1, 0.15) is 28.4 Å². The summed E-state index contributed by atoms with van der Waals surface area (Å²) in [5.74, 6) is 0.250. The van der Waals surface area contributed by atoms with Crippen LogP contribution in [0.2, 0.25) is 0 Å².